The maximum absolute atomic E-state index is 10.6. The molecule has 0 fully saturated rings. The van der Waals surface area contributed by atoms with Crippen LogP contribution >= 0.6 is 11.8 Å². The number of carboxylic acid groups (broad SMARTS) is 1. The Hall–Kier alpha value is -1.28. The fraction of sp³-hybridized carbons (Fsp3) is 0.750. The van der Waals surface area contributed by atoms with Crippen molar-refractivity contribution in [2.45, 2.75) is 31.5 Å². The molecule has 0 aliphatic carbocycles. The van der Waals surface area contributed by atoms with E-state index in [1.54, 1.807) is 7.11 Å². The van der Waals surface area contributed by atoms with Gasteiger partial charge in [0.15, 0.2) is 5.16 Å². The van der Waals surface area contributed by atoms with Crippen LogP contribution in [0.15, 0.2) is 5.16 Å². The summed E-state index contributed by atoms with van der Waals surface area (Å²) >= 11 is 1.17. The van der Waals surface area contributed by atoms with Crippen molar-refractivity contribution in [1.82, 2.24) is 14.8 Å². The van der Waals surface area contributed by atoms with E-state index in [-0.39, 0.29) is 5.75 Å². The van der Waals surface area contributed by atoms with Crippen LogP contribution in [-0.2, 0) is 16.6 Å². The third kappa shape index (κ3) is 4.38. The summed E-state index contributed by atoms with van der Waals surface area (Å²) in [5.74, 6) is -0.144. The minimum atomic E-state index is -0.863. The first kappa shape index (κ1) is 16.8. The number of anilines is 1. The Labute approximate surface area is 123 Å². The zero-order valence-electron chi connectivity index (χ0n) is 12.4. The van der Waals surface area contributed by atoms with E-state index < -0.39 is 5.97 Å². The molecule has 1 unspecified atom stereocenters. The first-order valence-electron chi connectivity index (χ1n) is 6.50. The van der Waals surface area contributed by atoms with E-state index in [2.05, 4.69) is 28.9 Å². The number of carbonyl (C=O) groups is 1. The molecule has 0 amide bonds. The Morgan fingerprint density at radius 3 is 2.80 bits per heavy atom. The van der Waals surface area contributed by atoms with Crippen LogP contribution in [0, 0.1) is 0 Å². The van der Waals surface area contributed by atoms with E-state index in [9.17, 15) is 4.79 Å². The highest BCUT2D eigenvalue weighted by atomic mass is 32.2. The molecule has 1 N–H and O–H groups in total. The molecular weight excluding hydrogens is 280 g/mol. The first-order chi connectivity index (χ1) is 9.51. The van der Waals surface area contributed by atoms with Gasteiger partial charge in [0.1, 0.15) is 0 Å². The second-order valence-electron chi connectivity index (χ2n) is 4.47. The summed E-state index contributed by atoms with van der Waals surface area (Å²) in [4.78, 5) is 12.7. The molecule has 1 rings (SSSR count). The Kier molecular flexibility index (Phi) is 6.80. The highest BCUT2D eigenvalue weighted by Crippen LogP contribution is 2.22. The molecule has 0 spiro atoms. The largest absolute Gasteiger partial charge is 0.481 e. The molecule has 0 aliphatic rings. The number of hydrogen-bond acceptors (Lipinski definition) is 6. The lowest BCUT2D eigenvalue weighted by molar-refractivity contribution is -0.133. The summed E-state index contributed by atoms with van der Waals surface area (Å²) in [5, 5.41) is 17.6. The minimum absolute atomic E-state index is 0.0205. The predicted molar refractivity (Wildman–Crippen MR) is 78.3 cm³/mol. The van der Waals surface area contributed by atoms with E-state index in [4.69, 9.17) is 9.84 Å². The van der Waals surface area contributed by atoms with Crippen LogP contribution in [0.2, 0.25) is 0 Å². The monoisotopic (exact) mass is 302 g/mol. The van der Waals surface area contributed by atoms with Gasteiger partial charge in [-0.1, -0.05) is 18.7 Å². The minimum Gasteiger partial charge on any atom is -0.481 e. The molecule has 0 radical (unpaired) electrons. The normalized spacial score (nSPS) is 12.4. The average Bonchev–Trinajstić information content (AvgIpc) is 2.78. The predicted octanol–water partition coefficient (Wildman–Crippen LogP) is 1.24. The van der Waals surface area contributed by atoms with Crippen molar-refractivity contribution in [3.8, 4) is 0 Å². The summed E-state index contributed by atoms with van der Waals surface area (Å²) in [6.07, 6.45) is 0.980. The summed E-state index contributed by atoms with van der Waals surface area (Å²) in [5.41, 5.74) is 0. The molecule has 1 atom stereocenters. The van der Waals surface area contributed by atoms with Gasteiger partial charge in [-0.05, 0) is 13.3 Å². The van der Waals surface area contributed by atoms with Gasteiger partial charge in [0.05, 0.1) is 12.4 Å². The second kappa shape index (κ2) is 8.11. The highest BCUT2D eigenvalue weighted by Gasteiger charge is 2.20. The van der Waals surface area contributed by atoms with Crippen LogP contribution in [0.4, 0.5) is 5.95 Å². The van der Waals surface area contributed by atoms with Crippen molar-refractivity contribution in [1.29, 1.82) is 0 Å². The van der Waals surface area contributed by atoms with Gasteiger partial charge >= 0.3 is 5.97 Å². The molecule has 0 saturated carbocycles. The number of ether oxygens (including phenoxy) is 1. The molecule has 1 aromatic rings. The third-order valence-corrected chi connectivity index (χ3v) is 4.06. The van der Waals surface area contributed by atoms with Gasteiger partial charge < -0.3 is 14.7 Å². The van der Waals surface area contributed by atoms with Crippen LogP contribution in [-0.4, -0.2) is 57.9 Å². The number of carboxylic acids is 1. The van der Waals surface area contributed by atoms with E-state index in [0.717, 1.165) is 18.9 Å². The molecule has 7 nitrogen and oxygen atoms in total. The highest BCUT2D eigenvalue weighted by molar-refractivity contribution is 7.99. The van der Waals surface area contributed by atoms with Gasteiger partial charge in [0.2, 0.25) is 5.95 Å². The van der Waals surface area contributed by atoms with Crippen molar-refractivity contribution in [2.24, 2.45) is 7.05 Å². The maximum atomic E-state index is 10.6. The van der Waals surface area contributed by atoms with Crippen molar-refractivity contribution in [3.05, 3.63) is 0 Å². The molecule has 20 heavy (non-hydrogen) atoms. The van der Waals surface area contributed by atoms with Gasteiger partial charge in [-0.25, -0.2) is 0 Å². The summed E-state index contributed by atoms with van der Waals surface area (Å²) < 4.78 is 6.96. The molecule has 0 aromatic carbocycles. The summed E-state index contributed by atoms with van der Waals surface area (Å²) in [6.45, 7) is 5.56. The van der Waals surface area contributed by atoms with E-state index in [1.807, 2.05) is 11.6 Å². The molecule has 8 heteroatoms. The van der Waals surface area contributed by atoms with Gasteiger partial charge in [-0.3, -0.25) is 9.36 Å². The number of methoxy groups -OCH3 is 1. The Morgan fingerprint density at radius 2 is 2.25 bits per heavy atom. The van der Waals surface area contributed by atoms with Gasteiger partial charge in [-0.15, -0.1) is 10.2 Å². The van der Waals surface area contributed by atoms with Crippen LogP contribution in [0.25, 0.3) is 0 Å². The molecule has 1 aromatic heterocycles. The van der Waals surface area contributed by atoms with Crippen LogP contribution < -0.4 is 4.90 Å². The quantitative estimate of drug-likeness (QED) is 0.687. The first-order valence-corrected chi connectivity index (χ1v) is 7.49. The fourth-order valence-corrected chi connectivity index (χ4v) is 2.36. The molecular formula is C12H22N4O3S. The Morgan fingerprint density at radius 1 is 1.55 bits per heavy atom. The number of aromatic nitrogens is 3. The zero-order chi connectivity index (χ0) is 15.1. The summed E-state index contributed by atoms with van der Waals surface area (Å²) in [7, 11) is 3.52. The van der Waals surface area contributed by atoms with Crippen LogP contribution in [0.5, 0.6) is 0 Å². The fourth-order valence-electron chi connectivity index (χ4n) is 1.74. The van der Waals surface area contributed by atoms with Crippen LogP contribution in [0.1, 0.15) is 20.3 Å². The topological polar surface area (TPSA) is 80.5 Å². The van der Waals surface area contributed by atoms with Crippen molar-refractivity contribution >= 4 is 23.7 Å². The van der Waals surface area contributed by atoms with Gasteiger partial charge in [0, 0.05) is 26.7 Å². The molecule has 1 heterocycles. The molecule has 0 saturated heterocycles. The number of nitrogens with zero attached hydrogens (tertiary/aromatic N) is 4. The smallest absolute Gasteiger partial charge is 0.313 e. The Bertz CT molecular complexity index is 438. The lowest BCUT2D eigenvalue weighted by Crippen LogP contribution is -2.37. The lowest BCUT2D eigenvalue weighted by Gasteiger charge is -2.28. The van der Waals surface area contributed by atoms with Crippen molar-refractivity contribution in [2.75, 3.05) is 30.9 Å². The van der Waals surface area contributed by atoms with E-state index >= 15 is 0 Å². The zero-order valence-corrected chi connectivity index (χ0v) is 13.2. The van der Waals surface area contributed by atoms with Gasteiger partial charge in [0.25, 0.3) is 0 Å². The Balaban J connectivity index is 2.87. The van der Waals surface area contributed by atoms with E-state index in [1.165, 1.54) is 11.8 Å². The van der Waals surface area contributed by atoms with E-state index in [0.29, 0.717) is 17.8 Å². The number of hydrogen-bond donors (Lipinski definition) is 1. The number of thioether (sulfide) groups is 1. The number of rotatable bonds is 9. The standard InChI is InChI=1S/C12H22N4O3S/c1-5-9(2)16(6-7-19-4)11-13-14-12(15(11)3)20-8-10(17)18/h9H,5-8H2,1-4H3,(H,17,18). The lowest BCUT2D eigenvalue weighted by atomic mass is 10.2. The van der Waals surface area contributed by atoms with Crippen molar-refractivity contribution in [3.63, 3.8) is 0 Å². The third-order valence-electron chi connectivity index (χ3n) is 3.05. The molecule has 0 aliphatic heterocycles. The van der Waals surface area contributed by atoms with Gasteiger partial charge in [-0.2, -0.15) is 0 Å². The van der Waals surface area contributed by atoms with Crippen LogP contribution in [0.3, 0.4) is 0 Å². The van der Waals surface area contributed by atoms with Crippen molar-refractivity contribution < 1.29 is 14.6 Å². The average molecular weight is 302 g/mol. The second-order valence-corrected chi connectivity index (χ2v) is 5.41. The number of aliphatic carboxylic acids is 1. The summed E-state index contributed by atoms with van der Waals surface area (Å²) in [6, 6.07) is 0.311. The maximum Gasteiger partial charge on any atom is 0.313 e. The SMILES string of the molecule is CCC(C)N(CCOC)c1nnc(SCC(=O)O)n1C. The molecule has 114 valence electrons. The molecule has 0 bridgehead atoms.